The Hall–Kier alpha value is -3.66. The van der Waals surface area contributed by atoms with Crippen molar-refractivity contribution in [1.82, 2.24) is 4.98 Å². The summed E-state index contributed by atoms with van der Waals surface area (Å²) in [5, 5.41) is 7.21. The number of benzene rings is 1. The van der Waals surface area contributed by atoms with E-state index in [0.29, 0.717) is 16.5 Å². The molecule has 1 atom stereocenters. The van der Waals surface area contributed by atoms with Crippen LogP contribution in [0.2, 0.25) is 0 Å². The number of dihydropyridines is 1. The van der Waals surface area contributed by atoms with Gasteiger partial charge in [-0.15, -0.1) is 11.3 Å². The van der Waals surface area contributed by atoms with E-state index in [1.54, 1.807) is 23.6 Å². The summed E-state index contributed by atoms with van der Waals surface area (Å²) in [6.07, 6.45) is 3.89. The number of nitrogens with zero attached hydrogens (tertiary/aromatic N) is 2. The van der Waals surface area contributed by atoms with E-state index in [0.717, 1.165) is 0 Å². The lowest BCUT2D eigenvalue weighted by Gasteiger charge is -2.08. The molecular formula is C18H15N5O4S. The summed E-state index contributed by atoms with van der Waals surface area (Å²) in [5.74, 6) is -2.47. The number of hydrogen-bond donors (Lipinski definition) is 3. The van der Waals surface area contributed by atoms with Crippen molar-refractivity contribution in [2.24, 2.45) is 16.6 Å². The normalized spacial score (nSPS) is 15.3. The standard InChI is InChI=1S/C18H15N5O4S/c19-16(26)12-3-1-2-4-13(12)22-15(25)7-11-9-28-18(21-11)23-17(27)10-5-6-14(24)20-8-10/h1-6,8-10H,7H2,(H2,19,26)(H,22,25)(H,21,23,27). The molecule has 0 saturated carbocycles. The maximum atomic E-state index is 12.2. The second-order valence-electron chi connectivity index (χ2n) is 5.77. The average Bonchev–Trinajstić information content (AvgIpc) is 3.09. The number of primary amides is 1. The Kier molecular flexibility index (Phi) is 5.70. The van der Waals surface area contributed by atoms with Crippen LogP contribution in [0.1, 0.15) is 16.1 Å². The van der Waals surface area contributed by atoms with Gasteiger partial charge in [-0.05, 0) is 12.1 Å². The predicted octanol–water partition coefficient (Wildman–Crippen LogP) is 1.15. The third-order valence-electron chi connectivity index (χ3n) is 3.70. The molecule has 28 heavy (non-hydrogen) atoms. The molecule has 1 aliphatic rings. The number of carbonyl (C=O) groups is 4. The molecule has 4 amide bonds. The van der Waals surface area contributed by atoms with Crippen molar-refractivity contribution in [3.63, 3.8) is 0 Å². The maximum Gasteiger partial charge on any atom is 0.269 e. The summed E-state index contributed by atoms with van der Waals surface area (Å²) in [6, 6.07) is 6.42. The zero-order valence-corrected chi connectivity index (χ0v) is 15.2. The van der Waals surface area contributed by atoms with Crippen LogP contribution in [0.3, 0.4) is 0 Å². The number of carbonyl (C=O) groups excluding carboxylic acids is 4. The lowest BCUT2D eigenvalue weighted by molar-refractivity contribution is -0.117. The van der Waals surface area contributed by atoms with Gasteiger partial charge in [0.05, 0.1) is 29.3 Å². The Balaban J connectivity index is 1.59. The van der Waals surface area contributed by atoms with E-state index in [9.17, 15) is 19.2 Å². The summed E-state index contributed by atoms with van der Waals surface area (Å²) in [6.45, 7) is 0. The summed E-state index contributed by atoms with van der Waals surface area (Å²) in [5.41, 5.74) is 6.28. The first-order chi connectivity index (χ1) is 13.4. The van der Waals surface area contributed by atoms with Crippen molar-refractivity contribution < 1.29 is 19.2 Å². The van der Waals surface area contributed by atoms with Gasteiger partial charge in [0.15, 0.2) is 5.13 Å². The quantitative estimate of drug-likeness (QED) is 0.670. The summed E-state index contributed by atoms with van der Waals surface area (Å²) in [7, 11) is 0. The first-order valence-electron chi connectivity index (χ1n) is 8.12. The summed E-state index contributed by atoms with van der Waals surface area (Å²) < 4.78 is 0. The second kappa shape index (κ2) is 8.35. The van der Waals surface area contributed by atoms with Crippen LogP contribution in [0.15, 0.2) is 46.8 Å². The molecule has 1 unspecified atom stereocenters. The van der Waals surface area contributed by atoms with Crippen molar-refractivity contribution in [3.05, 3.63) is 53.1 Å². The zero-order valence-electron chi connectivity index (χ0n) is 14.4. The lowest BCUT2D eigenvalue weighted by atomic mass is 10.1. The number of hydrogen-bond acceptors (Lipinski definition) is 6. The monoisotopic (exact) mass is 397 g/mol. The van der Waals surface area contributed by atoms with Crippen LogP contribution >= 0.6 is 11.3 Å². The van der Waals surface area contributed by atoms with Crippen LogP contribution in [0.25, 0.3) is 0 Å². The second-order valence-corrected chi connectivity index (χ2v) is 6.63. The minimum absolute atomic E-state index is 0.0429. The minimum Gasteiger partial charge on any atom is -0.366 e. The van der Waals surface area contributed by atoms with Gasteiger partial charge < -0.3 is 16.4 Å². The van der Waals surface area contributed by atoms with Crippen LogP contribution < -0.4 is 16.4 Å². The van der Waals surface area contributed by atoms with Gasteiger partial charge in [0, 0.05) is 17.7 Å². The van der Waals surface area contributed by atoms with Crippen molar-refractivity contribution in [2.45, 2.75) is 6.42 Å². The minimum atomic E-state index is -0.654. The van der Waals surface area contributed by atoms with Crippen molar-refractivity contribution in [1.29, 1.82) is 0 Å². The number of rotatable bonds is 6. The molecular weight excluding hydrogens is 382 g/mol. The van der Waals surface area contributed by atoms with Crippen LogP contribution in [0.5, 0.6) is 0 Å². The third kappa shape index (κ3) is 4.74. The number of para-hydroxylation sites is 1. The smallest absolute Gasteiger partial charge is 0.269 e. The fourth-order valence-electron chi connectivity index (χ4n) is 2.39. The number of anilines is 2. The highest BCUT2D eigenvalue weighted by molar-refractivity contribution is 7.14. The van der Waals surface area contributed by atoms with E-state index in [-0.39, 0.29) is 23.8 Å². The Morgan fingerprint density at radius 2 is 1.96 bits per heavy atom. The molecule has 9 nitrogen and oxygen atoms in total. The topological polar surface area (TPSA) is 144 Å². The molecule has 3 rings (SSSR count). The molecule has 142 valence electrons. The van der Waals surface area contributed by atoms with Crippen LogP contribution in [-0.4, -0.2) is 34.8 Å². The van der Waals surface area contributed by atoms with Crippen molar-refractivity contribution >= 4 is 52.0 Å². The molecule has 0 aliphatic carbocycles. The largest absolute Gasteiger partial charge is 0.366 e. The number of aliphatic imine (C=N–C) groups is 1. The number of amides is 4. The van der Waals surface area contributed by atoms with Gasteiger partial charge in [0.25, 0.3) is 11.8 Å². The van der Waals surface area contributed by atoms with E-state index in [1.165, 1.54) is 35.8 Å². The molecule has 2 heterocycles. The highest BCUT2D eigenvalue weighted by Crippen LogP contribution is 2.19. The molecule has 0 spiro atoms. The Morgan fingerprint density at radius 1 is 1.18 bits per heavy atom. The van der Waals surface area contributed by atoms with E-state index < -0.39 is 17.7 Å². The molecule has 0 saturated heterocycles. The highest BCUT2D eigenvalue weighted by Gasteiger charge is 2.18. The first kappa shape index (κ1) is 19.1. The van der Waals surface area contributed by atoms with Gasteiger partial charge in [-0.3, -0.25) is 19.2 Å². The predicted molar refractivity (Wildman–Crippen MR) is 104 cm³/mol. The molecule has 0 bridgehead atoms. The van der Waals surface area contributed by atoms with E-state index >= 15 is 0 Å². The summed E-state index contributed by atoms with van der Waals surface area (Å²) >= 11 is 1.17. The fourth-order valence-corrected chi connectivity index (χ4v) is 3.10. The van der Waals surface area contributed by atoms with Gasteiger partial charge in [0.2, 0.25) is 11.8 Å². The number of aromatic nitrogens is 1. The van der Waals surface area contributed by atoms with Crippen LogP contribution in [0, 0.1) is 5.92 Å². The fraction of sp³-hybridized carbons (Fsp3) is 0.111. The average molecular weight is 397 g/mol. The van der Waals surface area contributed by atoms with Gasteiger partial charge >= 0.3 is 0 Å². The molecule has 2 aromatic rings. The van der Waals surface area contributed by atoms with E-state index in [4.69, 9.17) is 5.73 Å². The highest BCUT2D eigenvalue weighted by atomic mass is 32.1. The molecule has 10 heteroatoms. The lowest BCUT2D eigenvalue weighted by Crippen LogP contribution is -2.24. The van der Waals surface area contributed by atoms with Crippen molar-refractivity contribution in [3.8, 4) is 0 Å². The van der Waals surface area contributed by atoms with Gasteiger partial charge in [-0.25, -0.2) is 9.98 Å². The van der Waals surface area contributed by atoms with Gasteiger partial charge in [-0.2, -0.15) is 0 Å². The Bertz CT molecular complexity index is 995. The number of thiazole rings is 1. The molecule has 1 aliphatic heterocycles. The van der Waals surface area contributed by atoms with Crippen LogP contribution in [-0.2, 0) is 20.8 Å². The Labute approximate surface area is 163 Å². The summed E-state index contributed by atoms with van der Waals surface area (Å²) in [4.78, 5) is 54.5. The van der Waals surface area contributed by atoms with Crippen LogP contribution in [0.4, 0.5) is 10.8 Å². The van der Waals surface area contributed by atoms with Gasteiger partial charge in [0.1, 0.15) is 0 Å². The zero-order chi connectivity index (χ0) is 20.1. The molecule has 1 aromatic heterocycles. The number of nitrogens with one attached hydrogen (secondary N) is 2. The maximum absolute atomic E-state index is 12.2. The number of nitrogens with two attached hydrogens (primary N) is 1. The van der Waals surface area contributed by atoms with Gasteiger partial charge in [-0.1, -0.05) is 18.2 Å². The molecule has 1 aromatic carbocycles. The SMILES string of the molecule is NC(=O)c1ccccc1NC(=O)Cc1csc(NC(=O)C2C=CC(=O)N=C2)n1. The third-order valence-corrected chi connectivity index (χ3v) is 4.51. The van der Waals surface area contributed by atoms with E-state index in [2.05, 4.69) is 20.6 Å². The Morgan fingerprint density at radius 3 is 2.68 bits per heavy atom. The molecule has 0 radical (unpaired) electrons. The molecule has 0 fully saturated rings. The van der Waals surface area contributed by atoms with E-state index in [1.807, 2.05) is 0 Å². The van der Waals surface area contributed by atoms with Crippen molar-refractivity contribution in [2.75, 3.05) is 10.6 Å². The first-order valence-corrected chi connectivity index (χ1v) is 9.00. The molecule has 4 N–H and O–H groups in total.